The normalized spacial score (nSPS) is 30.2. The molecule has 0 spiro atoms. The maximum absolute atomic E-state index is 5.77. The largest absolute Gasteiger partial charge is 0.297 e. The molecule has 0 N–H and O–H groups in total. The summed E-state index contributed by atoms with van der Waals surface area (Å²) in [5.74, 6) is 0.842. The molecule has 2 aliphatic rings. The fourth-order valence-electron chi connectivity index (χ4n) is 3.20. The first-order chi connectivity index (χ1) is 6.92. The average Bonchev–Trinajstić information content (AvgIpc) is 2.84. The molecule has 1 aliphatic heterocycles. The van der Waals surface area contributed by atoms with Crippen molar-refractivity contribution in [2.75, 3.05) is 12.4 Å². The summed E-state index contributed by atoms with van der Waals surface area (Å²) in [7, 11) is 0. The number of nitrogens with zero attached hydrogens (tertiary/aromatic N) is 1. The van der Waals surface area contributed by atoms with Crippen molar-refractivity contribution in [1.29, 1.82) is 0 Å². The Morgan fingerprint density at radius 3 is 2.57 bits per heavy atom. The van der Waals surface area contributed by atoms with Gasteiger partial charge in [-0.25, -0.2) is 0 Å². The second-order valence-corrected chi connectivity index (χ2v) is 5.18. The van der Waals surface area contributed by atoms with Crippen LogP contribution in [0, 0.1) is 0 Å². The van der Waals surface area contributed by atoms with E-state index in [4.69, 9.17) is 11.6 Å². The molecule has 82 valence electrons. The molecule has 1 saturated heterocycles. The van der Waals surface area contributed by atoms with Crippen LogP contribution in [0.15, 0.2) is 0 Å². The molecule has 2 rings (SSSR count). The highest BCUT2D eigenvalue weighted by molar-refractivity contribution is 6.17. The third-order valence-electron chi connectivity index (χ3n) is 3.89. The lowest BCUT2D eigenvalue weighted by molar-refractivity contribution is 0.173. The number of likely N-dealkylation sites (tertiary alicyclic amines) is 1. The smallest absolute Gasteiger partial charge is 0.0224 e. The molecule has 0 aromatic carbocycles. The van der Waals surface area contributed by atoms with Gasteiger partial charge >= 0.3 is 0 Å². The van der Waals surface area contributed by atoms with Crippen molar-refractivity contribution < 1.29 is 0 Å². The summed E-state index contributed by atoms with van der Waals surface area (Å²) < 4.78 is 0. The molecule has 0 aromatic rings. The van der Waals surface area contributed by atoms with Crippen molar-refractivity contribution in [3.8, 4) is 0 Å². The maximum atomic E-state index is 5.77. The number of halogens is 1. The van der Waals surface area contributed by atoms with Gasteiger partial charge in [-0.15, -0.1) is 11.6 Å². The fraction of sp³-hybridized carbons (Fsp3) is 1.00. The zero-order valence-electron chi connectivity index (χ0n) is 9.05. The minimum atomic E-state index is 0.842. The lowest BCUT2D eigenvalue weighted by Gasteiger charge is -2.30. The van der Waals surface area contributed by atoms with Crippen molar-refractivity contribution in [3.05, 3.63) is 0 Å². The van der Waals surface area contributed by atoms with Gasteiger partial charge in [-0.1, -0.05) is 12.8 Å². The Bertz CT molecular complexity index is 166. The van der Waals surface area contributed by atoms with E-state index in [0.29, 0.717) is 0 Å². The summed E-state index contributed by atoms with van der Waals surface area (Å²) in [5.41, 5.74) is 0. The van der Waals surface area contributed by atoms with Crippen molar-refractivity contribution in [3.63, 3.8) is 0 Å². The van der Waals surface area contributed by atoms with Crippen molar-refractivity contribution in [2.24, 2.45) is 0 Å². The lowest BCUT2D eigenvalue weighted by Crippen LogP contribution is -2.37. The standard InChI is InChI=1S/C12H22ClN/c13-9-3-7-12-8-4-10-14(12)11-5-1-2-6-11/h11-12H,1-10H2. The van der Waals surface area contributed by atoms with Gasteiger partial charge < -0.3 is 0 Å². The zero-order valence-corrected chi connectivity index (χ0v) is 9.81. The van der Waals surface area contributed by atoms with Crippen LogP contribution in [0.2, 0.25) is 0 Å². The number of hydrogen-bond acceptors (Lipinski definition) is 1. The van der Waals surface area contributed by atoms with E-state index in [1.807, 2.05) is 0 Å². The summed E-state index contributed by atoms with van der Waals surface area (Å²) in [5, 5.41) is 0. The molecule has 0 amide bonds. The van der Waals surface area contributed by atoms with E-state index < -0.39 is 0 Å². The van der Waals surface area contributed by atoms with Crippen molar-refractivity contribution >= 4 is 11.6 Å². The maximum Gasteiger partial charge on any atom is 0.0224 e. The molecule has 0 bridgehead atoms. The minimum Gasteiger partial charge on any atom is -0.297 e. The van der Waals surface area contributed by atoms with Crippen LogP contribution in [0.1, 0.15) is 51.4 Å². The van der Waals surface area contributed by atoms with E-state index in [2.05, 4.69) is 4.90 Å². The molecule has 0 radical (unpaired) electrons. The lowest BCUT2D eigenvalue weighted by atomic mass is 10.1. The van der Waals surface area contributed by atoms with Gasteiger partial charge in [0.05, 0.1) is 0 Å². The predicted octanol–water partition coefficient (Wildman–Crippen LogP) is 3.41. The van der Waals surface area contributed by atoms with Crippen LogP contribution in [0.3, 0.4) is 0 Å². The Balaban J connectivity index is 1.82. The number of alkyl halides is 1. The number of hydrogen-bond donors (Lipinski definition) is 0. The van der Waals surface area contributed by atoms with Crippen LogP contribution in [-0.4, -0.2) is 29.4 Å². The first kappa shape index (κ1) is 10.8. The molecule has 14 heavy (non-hydrogen) atoms. The molecule has 1 unspecified atom stereocenters. The molecular formula is C12H22ClN. The first-order valence-corrected chi connectivity index (χ1v) is 6.77. The quantitative estimate of drug-likeness (QED) is 0.650. The van der Waals surface area contributed by atoms with Gasteiger partial charge in [0.25, 0.3) is 0 Å². The zero-order chi connectivity index (χ0) is 9.80. The van der Waals surface area contributed by atoms with E-state index in [0.717, 1.165) is 18.0 Å². The topological polar surface area (TPSA) is 3.24 Å². The summed E-state index contributed by atoms with van der Waals surface area (Å²) >= 11 is 5.77. The van der Waals surface area contributed by atoms with Crippen LogP contribution in [0.25, 0.3) is 0 Å². The summed E-state index contributed by atoms with van der Waals surface area (Å²) in [6.45, 7) is 1.36. The molecule has 0 aromatic heterocycles. The SMILES string of the molecule is ClCCCC1CCCN1C1CCCC1. The summed E-state index contributed by atoms with van der Waals surface area (Å²) in [6.07, 6.45) is 11.2. The Labute approximate surface area is 92.8 Å². The van der Waals surface area contributed by atoms with E-state index in [1.165, 1.54) is 57.9 Å². The van der Waals surface area contributed by atoms with Crippen LogP contribution >= 0.6 is 11.6 Å². The Morgan fingerprint density at radius 2 is 1.86 bits per heavy atom. The second kappa shape index (κ2) is 5.37. The van der Waals surface area contributed by atoms with Crippen molar-refractivity contribution in [2.45, 2.75) is 63.5 Å². The second-order valence-electron chi connectivity index (χ2n) is 4.80. The van der Waals surface area contributed by atoms with E-state index >= 15 is 0 Å². The van der Waals surface area contributed by atoms with Crippen LogP contribution in [0.4, 0.5) is 0 Å². The Kier molecular flexibility index (Phi) is 4.12. The van der Waals surface area contributed by atoms with Crippen LogP contribution < -0.4 is 0 Å². The van der Waals surface area contributed by atoms with E-state index in [9.17, 15) is 0 Å². The summed E-state index contributed by atoms with van der Waals surface area (Å²) in [4.78, 5) is 2.79. The summed E-state index contributed by atoms with van der Waals surface area (Å²) in [6, 6.07) is 1.80. The first-order valence-electron chi connectivity index (χ1n) is 6.23. The highest BCUT2D eigenvalue weighted by Gasteiger charge is 2.31. The highest BCUT2D eigenvalue weighted by Crippen LogP contribution is 2.31. The van der Waals surface area contributed by atoms with E-state index in [-0.39, 0.29) is 0 Å². The van der Waals surface area contributed by atoms with Gasteiger partial charge in [0.2, 0.25) is 0 Å². The monoisotopic (exact) mass is 215 g/mol. The third kappa shape index (κ3) is 2.43. The predicted molar refractivity (Wildman–Crippen MR) is 61.9 cm³/mol. The Morgan fingerprint density at radius 1 is 1.07 bits per heavy atom. The molecule has 1 nitrogen and oxygen atoms in total. The van der Waals surface area contributed by atoms with Crippen LogP contribution in [-0.2, 0) is 0 Å². The molecule has 1 aliphatic carbocycles. The molecule has 2 fully saturated rings. The Hall–Kier alpha value is 0.250. The van der Waals surface area contributed by atoms with E-state index in [1.54, 1.807) is 0 Å². The molecular weight excluding hydrogens is 194 g/mol. The van der Waals surface area contributed by atoms with Gasteiger partial charge in [0.15, 0.2) is 0 Å². The highest BCUT2D eigenvalue weighted by atomic mass is 35.5. The third-order valence-corrected chi connectivity index (χ3v) is 4.15. The van der Waals surface area contributed by atoms with Gasteiger partial charge in [0, 0.05) is 18.0 Å². The average molecular weight is 216 g/mol. The van der Waals surface area contributed by atoms with Gasteiger partial charge in [0.1, 0.15) is 0 Å². The van der Waals surface area contributed by atoms with Crippen LogP contribution in [0.5, 0.6) is 0 Å². The molecule has 2 heteroatoms. The van der Waals surface area contributed by atoms with Crippen molar-refractivity contribution in [1.82, 2.24) is 4.90 Å². The molecule has 1 atom stereocenters. The molecule has 1 saturated carbocycles. The molecule has 1 heterocycles. The van der Waals surface area contributed by atoms with Gasteiger partial charge in [-0.2, -0.15) is 0 Å². The van der Waals surface area contributed by atoms with Gasteiger partial charge in [-0.3, -0.25) is 4.90 Å². The van der Waals surface area contributed by atoms with Gasteiger partial charge in [-0.05, 0) is 45.1 Å². The number of rotatable bonds is 4. The fourth-order valence-corrected chi connectivity index (χ4v) is 3.35. The minimum absolute atomic E-state index is 0.842.